The van der Waals surface area contributed by atoms with Crippen molar-refractivity contribution in [1.82, 2.24) is 29.7 Å². The molecular weight excluding hydrogens is 360 g/mol. The number of aromatic nitrogens is 6. The predicted octanol–water partition coefficient (Wildman–Crippen LogP) is 2.97. The van der Waals surface area contributed by atoms with Crippen molar-refractivity contribution in [3.05, 3.63) is 46.2 Å². The number of halogens is 2. The predicted molar refractivity (Wildman–Crippen MR) is 78.7 cm³/mol. The molecule has 2 heterocycles. The third-order valence-corrected chi connectivity index (χ3v) is 3.60. The Morgan fingerprint density at radius 1 is 1.24 bits per heavy atom. The van der Waals surface area contributed by atoms with Gasteiger partial charge in [-0.3, -0.25) is 0 Å². The van der Waals surface area contributed by atoms with E-state index < -0.39 is 0 Å². The molecule has 0 spiro atoms. The molecule has 1 aromatic carbocycles. The fraction of sp³-hybridized carbons (Fsp3) is 0.0833. The van der Waals surface area contributed by atoms with Gasteiger partial charge in [0.05, 0.1) is 0 Å². The molecule has 0 bridgehead atoms. The molecule has 0 aliphatic rings. The quantitative estimate of drug-likeness (QED) is 0.708. The van der Waals surface area contributed by atoms with Gasteiger partial charge in [-0.1, -0.05) is 15.9 Å². The van der Waals surface area contributed by atoms with Crippen LogP contribution in [0.5, 0.6) is 11.8 Å². The summed E-state index contributed by atoms with van der Waals surface area (Å²) in [5.41, 5.74) is 1.03. The van der Waals surface area contributed by atoms with Gasteiger partial charge >= 0.3 is 6.01 Å². The maximum Gasteiger partial charge on any atom is 0.328 e. The van der Waals surface area contributed by atoms with E-state index in [-0.39, 0.29) is 17.2 Å². The van der Waals surface area contributed by atoms with E-state index in [0.717, 1.165) is 10.0 Å². The topological polar surface area (TPSA) is 78.6 Å². The van der Waals surface area contributed by atoms with Crippen LogP contribution in [0.25, 0.3) is 5.95 Å². The average molecular weight is 368 g/mol. The fourth-order valence-corrected chi connectivity index (χ4v) is 1.96. The third kappa shape index (κ3) is 3.17. The van der Waals surface area contributed by atoms with Crippen LogP contribution in [0.3, 0.4) is 0 Å². The van der Waals surface area contributed by atoms with Crippen molar-refractivity contribution in [2.75, 3.05) is 0 Å². The molecule has 21 heavy (non-hydrogen) atoms. The van der Waals surface area contributed by atoms with E-state index in [9.17, 15) is 0 Å². The number of hydrogen-bond acceptors (Lipinski definition) is 6. The first kappa shape index (κ1) is 13.9. The van der Waals surface area contributed by atoms with Crippen LogP contribution < -0.4 is 4.74 Å². The lowest BCUT2D eigenvalue weighted by atomic mass is 10.2. The van der Waals surface area contributed by atoms with Gasteiger partial charge in [0.1, 0.15) is 18.4 Å². The second kappa shape index (κ2) is 5.74. The zero-order chi connectivity index (χ0) is 14.8. The van der Waals surface area contributed by atoms with Crippen LogP contribution >= 0.6 is 27.5 Å². The van der Waals surface area contributed by atoms with Gasteiger partial charge in [0.15, 0.2) is 0 Å². The average Bonchev–Trinajstić information content (AvgIpc) is 2.96. The fourth-order valence-electron chi connectivity index (χ4n) is 1.57. The van der Waals surface area contributed by atoms with Crippen LogP contribution in [0.2, 0.25) is 5.28 Å². The Kier molecular flexibility index (Phi) is 3.80. The Bertz CT molecular complexity index is 779. The molecule has 3 rings (SSSR count). The lowest BCUT2D eigenvalue weighted by Gasteiger charge is -2.07. The van der Waals surface area contributed by atoms with Gasteiger partial charge in [-0.15, -0.1) is 0 Å². The van der Waals surface area contributed by atoms with Gasteiger partial charge < -0.3 is 4.74 Å². The normalized spacial score (nSPS) is 10.6. The first-order valence-corrected chi connectivity index (χ1v) is 6.99. The molecular formula is C12H8BrClN6O. The molecule has 9 heteroatoms. The molecule has 0 radical (unpaired) electrons. The summed E-state index contributed by atoms with van der Waals surface area (Å²) in [6.07, 6.45) is 2.83. The van der Waals surface area contributed by atoms with E-state index >= 15 is 0 Å². The molecule has 0 atom stereocenters. The molecule has 0 unspecified atom stereocenters. The Hall–Kier alpha value is -2.06. The highest BCUT2D eigenvalue weighted by molar-refractivity contribution is 9.10. The van der Waals surface area contributed by atoms with Crippen molar-refractivity contribution in [3.8, 4) is 17.7 Å². The summed E-state index contributed by atoms with van der Waals surface area (Å²) in [7, 11) is 0. The first-order valence-electron chi connectivity index (χ1n) is 5.82. The second-order valence-corrected chi connectivity index (χ2v) is 5.23. The molecule has 3 aromatic rings. The van der Waals surface area contributed by atoms with Gasteiger partial charge in [0.25, 0.3) is 5.95 Å². The summed E-state index contributed by atoms with van der Waals surface area (Å²) in [5, 5.41) is 3.95. The molecule has 7 nitrogen and oxygen atoms in total. The molecule has 0 aliphatic carbocycles. The maximum absolute atomic E-state index is 5.88. The van der Waals surface area contributed by atoms with Crippen molar-refractivity contribution >= 4 is 27.5 Å². The lowest BCUT2D eigenvalue weighted by Crippen LogP contribution is -2.05. The minimum Gasteiger partial charge on any atom is -0.424 e. The van der Waals surface area contributed by atoms with Crippen molar-refractivity contribution in [1.29, 1.82) is 0 Å². The van der Waals surface area contributed by atoms with Crippen LogP contribution in [0.4, 0.5) is 0 Å². The number of ether oxygens (including phenoxy) is 1. The Labute approximate surface area is 133 Å². The highest BCUT2D eigenvalue weighted by atomic mass is 79.9. The summed E-state index contributed by atoms with van der Waals surface area (Å²) in [4.78, 5) is 15.9. The largest absolute Gasteiger partial charge is 0.424 e. The molecule has 0 aliphatic heterocycles. The van der Waals surface area contributed by atoms with Crippen LogP contribution in [0, 0.1) is 6.92 Å². The minimum atomic E-state index is 0.0133. The van der Waals surface area contributed by atoms with E-state index in [4.69, 9.17) is 16.3 Å². The number of benzene rings is 1. The van der Waals surface area contributed by atoms with Gasteiger partial charge in [-0.2, -0.15) is 24.7 Å². The van der Waals surface area contributed by atoms with E-state index in [2.05, 4.69) is 41.0 Å². The molecule has 0 N–H and O–H groups in total. The summed E-state index contributed by atoms with van der Waals surface area (Å²) in [6, 6.07) is 5.62. The van der Waals surface area contributed by atoms with E-state index in [1.807, 2.05) is 19.1 Å². The zero-order valence-corrected chi connectivity index (χ0v) is 13.1. The van der Waals surface area contributed by atoms with Crippen molar-refractivity contribution in [2.45, 2.75) is 6.92 Å². The summed E-state index contributed by atoms with van der Waals surface area (Å²) >= 11 is 9.31. The van der Waals surface area contributed by atoms with Crippen LogP contribution in [-0.2, 0) is 0 Å². The van der Waals surface area contributed by atoms with E-state index in [1.165, 1.54) is 17.3 Å². The Morgan fingerprint density at radius 2 is 2.10 bits per heavy atom. The van der Waals surface area contributed by atoms with Crippen LogP contribution in [0.15, 0.2) is 35.3 Å². The number of rotatable bonds is 3. The van der Waals surface area contributed by atoms with Crippen LogP contribution in [-0.4, -0.2) is 29.7 Å². The monoisotopic (exact) mass is 366 g/mol. The minimum absolute atomic E-state index is 0.0133. The SMILES string of the molecule is Cc1cc(Oc2nc(Cl)nc(-n3cncn3)n2)ccc1Br. The van der Waals surface area contributed by atoms with Gasteiger partial charge in [0, 0.05) is 4.47 Å². The van der Waals surface area contributed by atoms with Crippen molar-refractivity contribution in [2.24, 2.45) is 0 Å². The standard InChI is InChI=1S/C12H8BrClN6O/c1-7-4-8(2-3-9(7)13)21-12-18-10(14)17-11(19-12)20-6-15-5-16-20/h2-6H,1H3. The maximum atomic E-state index is 5.88. The molecule has 0 saturated carbocycles. The number of hydrogen-bond donors (Lipinski definition) is 0. The van der Waals surface area contributed by atoms with Crippen molar-refractivity contribution < 1.29 is 4.74 Å². The number of nitrogens with zero attached hydrogens (tertiary/aromatic N) is 6. The summed E-state index contributed by atoms with van der Waals surface area (Å²) in [5.74, 6) is 0.832. The molecule has 0 saturated heterocycles. The third-order valence-electron chi connectivity index (χ3n) is 2.54. The summed E-state index contributed by atoms with van der Waals surface area (Å²) in [6.45, 7) is 1.96. The molecule has 2 aromatic heterocycles. The van der Waals surface area contributed by atoms with Crippen molar-refractivity contribution in [3.63, 3.8) is 0 Å². The van der Waals surface area contributed by atoms with Gasteiger partial charge in [0.2, 0.25) is 5.28 Å². The van der Waals surface area contributed by atoms with E-state index in [1.54, 1.807) is 6.07 Å². The molecule has 0 fully saturated rings. The first-order chi connectivity index (χ1) is 10.1. The molecule has 0 amide bonds. The van der Waals surface area contributed by atoms with Crippen LogP contribution in [0.1, 0.15) is 5.56 Å². The zero-order valence-electron chi connectivity index (χ0n) is 10.7. The highest BCUT2D eigenvalue weighted by Gasteiger charge is 2.10. The smallest absolute Gasteiger partial charge is 0.328 e. The number of aryl methyl sites for hydroxylation is 1. The van der Waals surface area contributed by atoms with Gasteiger partial charge in [-0.05, 0) is 42.3 Å². The van der Waals surface area contributed by atoms with Gasteiger partial charge in [-0.25, -0.2) is 4.98 Å². The molecule has 106 valence electrons. The summed E-state index contributed by atoms with van der Waals surface area (Å²) < 4.78 is 7.97. The lowest BCUT2D eigenvalue weighted by molar-refractivity contribution is 0.437. The Balaban J connectivity index is 1.93. The highest BCUT2D eigenvalue weighted by Crippen LogP contribution is 2.25. The Morgan fingerprint density at radius 3 is 2.81 bits per heavy atom. The van der Waals surface area contributed by atoms with E-state index in [0.29, 0.717) is 5.75 Å². The second-order valence-electron chi connectivity index (χ2n) is 4.04.